The summed E-state index contributed by atoms with van der Waals surface area (Å²) < 4.78 is 14.6. The maximum atomic E-state index is 14.7. The minimum absolute atomic E-state index is 0.0121. The summed E-state index contributed by atoms with van der Waals surface area (Å²) in [7, 11) is 0. The Morgan fingerprint density at radius 1 is 0.712 bits per heavy atom. The van der Waals surface area contributed by atoms with Crippen molar-refractivity contribution < 1.29 is 33.1 Å². The highest BCUT2D eigenvalue weighted by molar-refractivity contribution is 6.10. The lowest BCUT2D eigenvalue weighted by Gasteiger charge is -2.25. The first-order valence-electron chi connectivity index (χ1n) is 27.3. The molecule has 0 unspecified atom stereocenters. The molecule has 14 nitrogen and oxygen atoms in total. The molecule has 4 N–H and O–H groups in total. The third kappa shape index (κ3) is 18.4. The van der Waals surface area contributed by atoms with Gasteiger partial charge in [-0.2, -0.15) is 0 Å². The Morgan fingerprint density at radius 2 is 1.33 bits per heavy atom. The van der Waals surface area contributed by atoms with Crippen LogP contribution >= 0.6 is 0 Å². The Labute approximate surface area is 436 Å². The summed E-state index contributed by atoms with van der Waals surface area (Å²) in [5, 5.41) is 13.6. The predicted octanol–water partition coefficient (Wildman–Crippen LogP) is 11.1. The first kappa shape index (κ1) is 59.4. The van der Waals surface area contributed by atoms with Gasteiger partial charge in [0.05, 0.1) is 6.07 Å². The SMILES string of the molecule is C=C(C)C(=O)NCCCCCCCCCCCC(=O)NCCCC[C@H](NC(=O)OC(C)(C)C)C(=O)Nc1ccc(-c2c3ccc(=[N+](CC)CC)cc-3oc3cc(N(CC)CC)ccc23)c(C(=O)N(CC)CC)c1. The number of amides is 5. The van der Waals surface area contributed by atoms with E-state index in [0.717, 1.165) is 98.7 Å². The van der Waals surface area contributed by atoms with E-state index in [1.54, 1.807) is 38.7 Å². The van der Waals surface area contributed by atoms with Crippen LogP contribution in [0.25, 0.3) is 33.4 Å². The number of hydrogen-bond acceptors (Lipinski definition) is 8. The molecule has 0 fully saturated rings. The summed E-state index contributed by atoms with van der Waals surface area (Å²) in [6.07, 6.45) is 10.9. The molecule has 1 atom stereocenters. The molecule has 14 heteroatoms. The van der Waals surface area contributed by atoms with Crippen LogP contribution < -0.4 is 36.1 Å². The number of carbonyl (C=O) groups excluding carboxylic acids is 5. The maximum absolute atomic E-state index is 14.7. The molecule has 0 spiro atoms. The van der Waals surface area contributed by atoms with E-state index in [-0.39, 0.29) is 17.7 Å². The normalized spacial score (nSPS) is 11.8. The molecule has 2 aromatic carbocycles. The Morgan fingerprint density at radius 3 is 1.95 bits per heavy atom. The van der Waals surface area contributed by atoms with Gasteiger partial charge >= 0.3 is 6.09 Å². The molecular formula is C59H88N7O7+. The number of carbonyl (C=O) groups is 5. The van der Waals surface area contributed by atoms with Gasteiger partial charge < -0.3 is 40.2 Å². The number of benzene rings is 3. The first-order valence-corrected chi connectivity index (χ1v) is 27.3. The maximum Gasteiger partial charge on any atom is 0.408 e. The highest BCUT2D eigenvalue weighted by Crippen LogP contribution is 2.43. The molecule has 400 valence electrons. The Balaban J connectivity index is 1.49. The van der Waals surface area contributed by atoms with Gasteiger partial charge in [-0.15, -0.1) is 0 Å². The average Bonchev–Trinajstić information content (AvgIpc) is 3.35. The largest absolute Gasteiger partial charge is 0.456 e. The molecule has 73 heavy (non-hydrogen) atoms. The van der Waals surface area contributed by atoms with E-state index in [2.05, 4.69) is 101 Å². The van der Waals surface area contributed by atoms with Crippen molar-refractivity contribution in [2.45, 2.75) is 164 Å². The van der Waals surface area contributed by atoms with Gasteiger partial charge in [-0.1, -0.05) is 57.6 Å². The molecule has 0 bridgehead atoms. The van der Waals surface area contributed by atoms with Gasteiger partial charge in [0.1, 0.15) is 36.1 Å². The fourth-order valence-corrected chi connectivity index (χ4v) is 9.17. The summed E-state index contributed by atoms with van der Waals surface area (Å²) in [6.45, 7) is 28.6. The third-order valence-electron chi connectivity index (χ3n) is 13.3. The summed E-state index contributed by atoms with van der Waals surface area (Å²) >= 11 is 0. The molecule has 5 amide bonds. The minimum Gasteiger partial charge on any atom is -0.456 e. The van der Waals surface area contributed by atoms with Gasteiger partial charge in [-0.05, 0) is 137 Å². The lowest BCUT2D eigenvalue weighted by Crippen LogP contribution is -2.45. The van der Waals surface area contributed by atoms with E-state index in [0.29, 0.717) is 85.6 Å². The van der Waals surface area contributed by atoms with Crippen molar-refractivity contribution in [1.82, 2.24) is 25.4 Å². The van der Waals surface area contributed by atoms with Crippen LogP contribution in [0.1, 0.15) is 163 Å². The first-order chi connectivity index (χ1) is 35.0. The number of nitrogens with zero attached hydrogens (tertiary/aromatic N) is 3. The Hall–Kier alpha value is -6.18. The molecular weight excluding hydrogens is 919 g/mol. The van der Waals surface area contributed by atoms with Gasteiger partial charge in [-0.25, -0.2) is 9.37 Å². The Bertz CT molecular complexity index is 2490. The van der Waals surface area contributed by atoms with Crippen molar-refractivity contribution in [2.24, 2.45) is 0 Å². The van der Waals surface area contributed by atoms with E-state index in [1.165, 1.54) is 12.8 Å². The van der Waals surface area contributed by atoms with Crippen LogP contribution in [0.15, 0.2) is 71.2 Å². The third-order valence-corrected chi connectivity index (χ3v) is 13.3. The number of alkyl carbamates (subject to hydrolysis) is 1. The molecule has 1 heterocycles. The van der Waals surface area contributed by atoms with E-state index in [1.807, 2.05) is 26.0 Å². The molecule has 0 saturated carbocycles. The minimum atomic E-state index is -0.954. The molecule has 1 aliphatic carbocycles. The van der Waals surface area contributed by atoms with Gasteiger partial charge in [-0.3, -0.25) is 19.2 Å². The fraction of sp³-hybridized carbons (Fsp3) is 0.559. The number of unbranched alkanes of at least 4 members (excludes halogenated alkanes) is 9. The number of hydrogen-bond donors (Lipinski definition) is 4. The van der Waals surface area contributed by atoms with Crippen molar-refractivity contribution in [1.29, 1.82) is 0 Å². The summed E-state index contributed by atoms with van der Waals surface area (Å²) in [6, 6.07) is 17.0. The molecule has 0 saturated heterocycles. The average molecular weight is 1010 g/mol. The van der Waals surface area contributed by atoms with Crippen molar-refractivity contribution in [3.05, 3.63) is 77.7 Å². The van der Waals surface area contributed by atoms with Gasteiger partial charge in [0.25, 0.3) is 5.91 Å². The van der Waals surface area contributed by atoms with E-state index in [9.17, 15) is 24.0 Å². The second-order valence-electron chi connectivity index (χ2n) is 19.9. The lowest BCUT2D eigenvalue weighted by atomic mass is 9.89. The van der Waals surface area contributed by atoms with Crippen LogP contribution in [0.4, 0.5) is 16.2 Å². The second-order valence-corrected chi connectivity index (χ2v) is 19.9. The number of fused-ring (bicyclic) bond motifs is 2. The predicted molar refractivity (Wildman–Crippen MR) is 298 cm³/mol. The smallest absolute Gasteiger partial charge is 0.408 e. The standard InChI is InChI=1S/C59H87N7O7/c1-12-64(13-2)44-32-35-47-51(40-44)72-52-41-45(65(14-3)15-4)33-36-48(52)54(47)46-34-31-43(39-49(46)57(70)66(16-5)17-6)62-56(69)50(63-58(71)73-59(9,10)11)29-26-28-37-60-53(67)30-25-23-21-19-18-20-22-24-27-38-61-55(68)42(7)8/h31-36,39-41,50H,7,12-30,37-38H2,1-6,8-11H3,(H3,60,61,63,67,68,71)/p+1/t50-/m0/s1. The topological polar surface area (TPSA) is 165 Å². The zero-order valence-electron chi connectivity index (χ0n) is 46.0. The van der Waals surface area contributed by atoms with Crippen LogP contribution in [0.3, 0.4) is 0 Å². The van der Waals surface area contributed by atoms with E-state index in [4.69, 9.17) is 9.15 Å². The summed E-state index contributed by atoms with van der Waals surface area (Å²) in [5.41, 5.74) is 4.75. The Kier molecular flexibility index (Phi) is 24.5. The van der Waals surface area contributed by atoms with E-state index < -0.39 is 23.6 Å². The van der Waals surface area contributed by atoms with Crippen molar-refractivity contribution in [2.75, 3.05) is 62.6 Å². The molecule has 2 aliphatic rings. The van der Waals surface area contributed by atoms with Crippen LogP contribution in [0.2, 0.25) is 0 Å². The summed E-state index contributed by atoms with van der Waals surface area (Å²) in [4.78, 5) is 70.3. The highest BCUT2D eigenvalue weighted by Gasteiger charge is 2.28. The fourth-order valence-electron chi connectivity index (χ4n) is 9.17. The number of nitrogens with one attached hydrogen (secondary N) is 4. The molecule has 4 rings (SSSR count). The van der Waals surface area contributed by atoms with Crippen LogP contribution in [-0.2, 0) is 19.1 Å². The zero-order chi connectivity index (χ0) is 53.5. The van der Waals surface area contributed by atoms with Crippen molar-refractivity contribution in [3.8, 4) is 22.5 Å². The summed E-state index contributed by atoms with van der Waals surface area (Å²) in [5.74, 6) is 0.00953. The number of anilines is 2. The highest BCUT2D eigenvalue weighted by atomic mass is 16.6. The number of rotatable bonds is 30. The van der Waals surface area contributed by atoms with Gasteiger partial charge in [0.15, 0.2) is 0 Å². The van der Waals surface area contributed by atoms with E-state index >= 15 is 0 Å². The molecule has 2 aromatic rings. The number of ether oxygens (including phenoxy) is 1. The second kappa shape index (κ2) is 30.1. The zero-order valence-corrected chi connectivity index (χ0v) is 46.0. The lowest BCUT2D eigenvalue weighted by molar-refractivity contribution is -0.121. The molecule has 1 aliphatic heterocycles. The van der Waals surface area contributed by atoms with Crippen LogP contribution in [0.5, 0.6) is 0 Å². The monoisotopic (exact) mass is 1010 g/mol. The van der Waals surface area contributed by atoms with Crippen LogP contribution in [0, 0.1) is 0 Å². The van der Waals surface area contributed by atoms with Gasteiger partial charge in [0, 0.05) is 96.8 Å². The van der Waals surface area contributed by atoms with Crippen molar-refractivity contribution >= 4 is 52.1 Å². The molecule has 0 radical (unpaired) electrons. The molecule has 0 aromatic heterocycles. The van der Waals surface area contributed by atoms with Gasteiger partial charge in [0.2, 0.25) is 23.1 Å². The quantitative estimate of drug-likeness (QED) is 0.0173. The van der Waals surface area contributed by atoms with Crippen molar-refractivity contribution in [3.63, 3.8) is 0 Å². The van der Waals surface area contributed by atoms with Crippen LogP contribution in [-0.4, -0.2) is 98.6 Å².